The van der Waals surface area contributed by atoms with Gasteiger partial charge in [-0.15, -0.1) is 0 Å². The molecule has 7 heteroatoms. The van der Waals surface area contributed by atoms with Crippen LogP contribution in [0.15, 0.2) is 72.8 Å². The van der Waals surface area contributed by atoms with Gasteiger partial charge in [-0.25, -0.2) is 0 Å². The van der Waals surface area contributed by atoms with Crippen molar-refractivity contribution in [2.45, 2.75) is 20.8 Å². The van der Waals surface area contributed by atoms with Crippen molar-refractivity contribution in [2.75, 3.05) is 17.2 Å². The molecule has 0 aromatic heterocycles. The quantitative estimate of drug-likeness (QED) is 0.410. The summed E-state index contributed by atoms with van der Waals surface area (Å²) in [6.45, 7) is 6.58. The minimum atomic E-state index is -0.328. The van der Waals surface area contributed by atoms with E-state index in [2.05, 4.69) is 29.8 Å². The van der Waals surface area contributed by atoms with Gasteiger partial charge in [0.15, 0.2) is 5.11 Å². The minimum absolute atomic E-state index is 0.175. The summed E-state index contributed by atoms with van der Waals surface area (Å²) in [7, 11) is 0. The van der Waals surface area contributed by atoms with Gasteiger partial charge in [-0.1, -0.05) is 38.1 Å². The zero-order valence-corrected chi connectivity index (χ0v) is 19.7. The van der Waals surface area contributed by atoms with Gasteiger partial charge in [0.25, 0.3) is 11.8 Å². The van der Waals surface area contributed by atoms with Gasteiger partial charge in [0, 0.05) is 22.5 Å². The van der Waals surface area contributed by atoms with E-state index in [4.69, 9.17) is 17.0 Å². The summed E-state index contributed by atoms with van der Waals surface area (Å²) >= 11 is 5.30. The van der Waals surface area contributed by atoms with E-state index in [1.807, 2.05) is 37.3 Å². The molecule has 3 rings (SSSR count). The third kappa shape index (κ3) is 7.15. The van der Waals surface area contributed by atoms with Gasteiger partial charge in [0.1, 0.15) is 5.75 Å². The number of thiocarbonyl (C=S) groups is 1. The molecule has 170 valence electrons. The van der Waals surface area contributed by atoms with Gasteiger partial charge in [-0.3, -0.25) is 14.9 Å². The number of ether oxygens (including phenoxy) is 1. The summed E-state index contributed by atoms with van der Waals surface area (Å²) in [5.41, 5.74) is 3.29. The number of benzene rings is 3. The van der Waals surface area contributed by atoms with Crippen molar-refractivity contribution >= 4 is 40.5 Å². The number of hydrogen-bond donors (Lipinski definition) is 3. The highest BCUT2D eigenvalue weighted by molar-refractivity contribution is 7.80. The van der Waals surface area contributed by atoms with Gasteiger partial charge in [-0.2, -0.15) is 0 Å². The molecule has 0 bridgehead atoms. The molecule has 3 N–H and O–H groups in total. The van der Waals surface area contributed by atoms with Crippen LogP contribution in [-0.2, 0) is 0 Å². The van der Waals surface area contributed by atoms with E-state index in [0.29, 0.717) is 40.8 Å². The molecule has 0 saturated heterocycles. The van der Waals surface area contributed by atoms with Crippen LogP contribution >= 0.6 is 12.2 Å². The molecule has 0 aliphatic carbocycles. The Morgan fingerprint density at radius 1 is 0.879 bits per heavy atom. The van der Waals surface area contributed by atoms with Crippen LogP contribution in [0.25, 0.3) is 0 Å². The Morgan fingerprint density at radius 3 is 2.30 bits per heavy atom. The summed E-state index contributed by atoms with van der Waals surface area (Å²) < 4.78 is 5.68. The van der Waals surface area contributed by atoms with Crippen molar-refractivity contribution in [3.05, 3.63) is 89.5 Å². The molecular weight excluding hydrogens is 434 g/mol. The maximum atomic E-state index is 12.6. The maximum absolute atomic E-state index is 12.6. The van der Waals surface area contributed by atoms with Crippen molar-refractivity contribution in [3.63, 3.8) is 0 Å². The summed E-state index contributed by atoms with van der Waals surface area (Å²) in [5.74, 6) is 0.521. The topological polar surface area (TPSA) is 79.5 Å². The molecule has 0 radical (unpaired) electrons. The van der Waals surface area contributed by atoms with Gasteiger partial charge < -0.3 is 15.4 Å². The van der Waals surface area contributed by atoms with Gasteiger partial charge >= 0.3 is 0 Å². The highest BCUT2D eigenvalue weighted by Gasteiger charge is 2.11. The van der Waals surface area contributed by atoms with Crippen molar-refractivity contribution in [1.82, 2.24) is 5.32 Å². The number of carbonyl (C=O) groups excluding carboxylic acids is 2. The second-order valence-corrected chi connectivity index (χ2v) is 8.40. The van der Waals surface area contributed by atoms with Gasteiger partial charge in [0.05, 0.1) is 6.61 Å². The number of carbonyl (C=O) groups is 2. The maximum Gasteiger partial charge on any atom is 0.257 e. The van der Waals surface area contributed by atoms with Crippen LogP contribution in [0.4, 0.5) is 11.4 Å². The fraction of sp³-hybridized carbons (Fsp3) is 0.192. The highest BCUT2D eigenvalue weighted by Crippen LogP contribution is 2.21. The first-order valence-electron chi connectivity index (χ1n) is 10.6. The molecule has 6 nitrogen and oxygen atoms in total. The second kappa shape index (κ2) is 11.2. The minimum Gasteiger partial charge on any atom is -0.493 e. The van der Waals surface area contributed by atoms with E-state index in [1.165, 1.54) is 0 Å². The fourth-order valence-corrected chi connectivity index (χ4v) is 3.20. The Labute approximate surface area is 199 Å². The third-order valence-electron chi connectivity index (χ3n) is 4.68. The zero-order valence-electron chi connectivity index (χ0n) is 18.8. The number of nitrogens with one attached hydrogen (secondary N) is 3. The lowest BCUT2D eigenvalue weighted by molar-refractivity contribution is 0.0975. The van der Waals surface area contributed by atoms with Crippen LogP contribution in [0, 0.1) is 12.8 Å². The molecular formula is C26H27N3O3S. The lowest BCUT2D eigenvalue weighted by Crippen LogP contribution is -2.34. The Balaban J connectivity index is 1.58. The van der Waals surface area contributed by atoms with Crippen LogP contribution in [0.1, 0.15) is 40.1 Å². The zero-order chi connectivity index (χ0) is 23.8. The first-order chi connectivity index (χ1) is 15.8. The highest BCUT2D eigenvalue weighted by atomic mass is 32.1. The number of rotatable bonds is 7. The molecule has 3 aromatic rings. The molecule has 0 unspecified atom stereocenters. The average Bonchev–Trinajstić information content (AvgIpc) is 2.80. The summed E-state index contributed by atoms with van der Waals surface area (Å²) in [6.07, 6.45) is 0. The number of anilines is 2. The molecule has 33 heavy (non-hydrogen) atoms. The van der Waals surface area contributed by atoms with Crippen LogP contribution in [0.3, 0.4) is 0 Å². The lowest BCUT2D eigenvalue weighted by atomic mass is 10.1. The fourth-order valence-electron chi connectivity index (χ4n) is 2.99. The van der Waals surface area contributed by atoms with E-state index in [0.717, 1.165) is 5.56 Å². The van der Waals surface area contributed by atoms with E-state index in [-0.39, 0.29) is 16.9 Å². The standard InChI is InChI=1S/C26H27N3O3S/c1-17(2)16-32-22-11-7-10-20(15-22)25(31)29-26(33)27-21-12-13-23(18(3)14-21)28-24(30)19-8-5-4-6-9-19/h4-15,17H,16H2,1-3H3,(H,28,30)(H2,27,29,31,33). The number of aryl methyl sites for hydroxylation is 1. The molecule has 0 aliphatic rings. The van der Waals surface area contributed by atoms with E-state index < -0.39 is 0 Å². The average molecular weight is 462 g/mol. The normalized spacial score (nSPS) is 10.4. The van der Waals surface area contributed by atoms with E-state index in [9.17, 15) is 9.59 Å². The summed E-state index contributed by atoms with van der Waals surface area (Å²) in [5, 5.41) is 8.76. The number of amides is 2. The SMILES string of the molecule is Cc1cc(NC(=S)NC(=O)c2cccc(OCC(C)C)c2)ccc1NC(=O)c1ccccc1. The Kier molecular flexibility index (Phi) is 8.16. The van der Waals surface area contributed by atoms with Crippen LogP contribution in [0.2, 0.25) is 0 Å². The second-order valence-electron chi connectivity index (χ2n) is 7.99. The van der Waals surface area contributed by atoms with Crippen molar-refractivity contribution in [3.8, 4) is 5.75 Å². The molecule has 0 aliphatic heterocycles. The number of hydrogen-bond acceptors (Lipinski definition) is 4. The Bertz CT molecular complexity index is 1150. The monoisotopic (exact) mass is 461 g/mol. The van der Waals surface area contributed by atoms with Crippen molar-refractivity contribution < 1.29 is 14.3 Å². The molecule has 3 aromatic carbocycles. The molecule has 0 spiro atoms. The molecule has 2 amide bonds. The first kappa shape index (κ1) is 23.9. The van der Waals surface area contributed by atoms with Crippen LogP contribution in [-0.4, -0.2) is 23.5 Å². The Hall–Kier alpha value is -3.71. The van der Waals surface area contributed by atoms with Crippen molar-refractivity contribution in [2.24, 2.45) is 5.92 Å². The van der Waals surface area contributed by atoms with Crippen molar-refractivity contribution in [1.29, 1.82) is 0 Å². The van der Waals surface area contributed by atoms with Crippen LogP contribution < -0.4 is 20.7 Å². The summed E-state index contributed by atoms with van der Waals surface area (Å²) in [6, 6.07) is 21.4. The lowest BCUT2D eigenvalue weighted by Gasteiger charge is -2.13. The predicted octanol–water partition coefficient (Wildman–Crippen LogP) is 5.41. The Morgan fingerprint density at radius 2 is 1.61 bits per heavy atom. The molecule has 0 atom stereocenters. The van der Waals surface area contributed by atoms with Gasteiger partial charge in [0.2, 0.25) is 0 Å². The molecule has 0 fully saturated rings. The predicted molar refractivity (Wildman–Crippen MR) is 136 cm³/mol. The molecule has 0 saturated carbocycles. The largest absolute Gasteiger partial charge is 0.493 e. The first-order valence-corrected chi connectivity index (χ1v) is 11.0. The van der Waals surface area contributed by atoms with E-state index >= 15 is 0 Å². The summed E-state index contributed by atoms with van der Waals surface area (Å²) in [4.78, 5) is 25.0. The molecule has 0 heterocycles. The van der Waals surface area contributed by atoms with E-state index in [1.54, 1.807) is 42.5 Å². The van der Waals surface area contributed by atoms with Crippen LogP contribution in [0.5, 0.6) is 5.75 Å². The van der Waals surface area contributed by atoms with Gasteiger partial charge in [-0.05, 0) is 79.2 Å². The third-order valence-corrected chi connectivity index (χ3v) is 4.88. The smallest absolute Gasteiger partial charge is 0.257 e.